The third-order valence-corrected chi connectivity index (χ3v) is 0.726. The van der Waals surface area contributed by atoms with Crippen LogP contribution in [0.15, 0.2) is 22.3 Å². The molecule has 0 aromatic rings. The van der Waals surface area contributed by atoms with Gasteiger partial charge in [0.25, 0.3) is 0 Å². The Bertz CT molecular complexity index is 143. The second-order valence-corrected chi connectivity index (χ2v) is 1.55. The van der Waals surface area contributed by atoms with Gasteiger partial charge in [-0.3, -0.25) is 0 Å². The van der Waals surface area contributed by atoms with Gasteiger partial charge in [-0.05, 0) is 20.8 Å². The summed E-state index contributed by atoms with van der Waals surface area (Å²) in [4.78, 5) is 7.91. The second kappa shape index (κ2) is 5.22. The molecule has 2 heteroatoms. The molecule has 0 aliphatic rings. The standard InChI is InChI=1S/C7H12N2/c1-4-6-9-7(3)8-5-2/h4-6H,1-3H3/b6-4+,8-5-,9-7-. The van der Waals surface area contributed by atoms with Gasteiger partial charge >= 0.3 is 0 Å². The van der Waals surface area contributed by atoms with Crippen LogP contribution < -0.4 is 0 Å². The first-order valence-corrected chi connectivity index (χ1v) is 2.95. The van der Waals surface area contributed by atoms with E-state index >= 15 is 0 Å². The van der Waals surface area contributed by atoms with E-state index < -0.39 is 0 Å². The Hall–Kier alpha value is -0.920. The number of nitrogens with zero attached hydrogens (tertiary/aromatic N) is 2. The molecule has 50 valence electrons. The van der Waals surface area contributed by atoms with Crippen LogP contribution in [0.1, 0.15) is 20.8 Å². The number of allylic oxidation sites excluding steroid dienone is 1. The Morgan fingerprint density at radius 3 is 2.44 bits per heavy atom. The summed E-state index contributed by atoms with van der Waals surface area (Å²) >= 11 is 0. The number of hydrogen-bond acceptors (Lipinski definition) is 1. The van der Waals surface area contributed by atoms with E-state index in [9.17, 15) is 0 Å². The van der Waals surface area contributed by atoms with Crippen LogP contribution >= 0.6 is 0 Å². The molecule has 2 nitrogen and oxygen atoms in total. The SMILES string of the molecule is C\C=N/C(C)=N\C=C\C. The maximum absolute atomic E-state index is 3.97. The van der Waals surface area contributed by atoms with Gasteiger partial charge in [-0.25, -0.2) is 9.98 Å². The Morgan fingerprint density at radius 1 is 1.33 bits per heavy atom. The van der Waals surface area contributed by atoms with Crippen molar-refractivity contribution in [1.82, 2.24) is 0 Å². The molecule has 0 heterocycles. The van der Waals surface area contributed by atoms with E-state index in [1.807, 2.05) is 26.8 Å². The van der Waals surface area contributed by atoms with E-state index in [0.29, 0.717) is 0 Å². The lowest BCUT2D eigenvalue weighted by Gasteiger charge is -1.83. The van der Waals surface area contributed by atoms with Gasteiger partial charge in [-0.1, -0.05) is 6.08 Å². The highest BCUT2D eigenvalue weighted by Gasteiger charge is 1.75. The van der Waals surface area contributed by atoms with Crippen LogP contribution in [0.4, 0.5) is 0 Å². The van der Waals surface area contributed by atoms with Gasteiger partial charge in [-0.2, -0.15) is 0 Å². The highest BCUT2D eigenvalue weighted by Crippen LogP contribution is 1.80. The van der Waals surface area contributed by atoms with Gasteiger partial charge in [0, 0.05) is 12.4 Å². The molecule has 0 aromatic heterocycles. The maximum Gasteiger partial charge on any atom is 0.124 e. The smallest absolute Gasteiger partial charge is 0.124 e. The van der Waals surface area contributed by atoms with Crippen molar-refractivity contribution in [3.63, 3.8) is 0 Å². The van der Waals surface area contributed by atoms with E-state index in [1.54, 1.807) is 12.4 Å². The molecule has 0 radical (unpaired) electrons. The fourth-order valence-electron chi connectivity index (χ4n) is 0.403. The first-order chi connectivity index (χ1) is 4.31. The average Bonchev–Trinajstić information content (AvgIpc) is 1.85. The van der Waals surface area contributed by atoms with Crippen LogP contribution in [0.25, 0.3) is 0 Å². The molecule has 0 saturated carbocycles. The Morgan fingerprint density at radius 2 is 2.00 bits per heavy atom. The van der Waals surface area contributed by atoms with Crippen LogP contribution in [0.5, 0.6) is 0 Å². The predicted molar refractivity (Wildman–Crippen MR) is 42.1 cm³/mol. The van der Waals surface area contributed by atoms with E-state index in [4.69, 9.17) is 0 Å². The minimum absolute atomic E-state index is 0.788. The summed E-state index contributed by atoms with van der Waals surface area (Å²) in [7, 11) is 0. The molecule has 0 N–H and O–H groups in total. The van der Waals surface area contributed by atoms with Gasteiger partial charge in [0.2, 0.25) is 0 Å². The molecule has 0 spiro atoms. The van der Waals surface area contributed by atoms with Crippen molar-refractivity contribution < 1.29 is 0 Å². The minimum atomic E-state index is 0.788. The zero-order chi connectivity index (χ0) is 7.11. The molecule has 0 fully saturated rings. The van der Waals surface area contributed by atoms with Crippen molar-refractivity contribution in [1.29, 1.82) is 0 Å². The average molecular weight is 124 g/mol. The summed E-state index contributed by atoms with van der Waals surface area (Å²) in [6.07, 6.45) is 5.32. The fourth-order valence-corrected chi connectivity index (χ4v) is 0.403. The molecule has 0 aromatic carbocycles. The molecule has 0 bridgehead atoms. The van der Waals surface area contributed by atoms with Crippen molar-refractivity contribution in [2.45, 2.75) is 20.8 Å². The van der Waals surface area contributed by atoms with Crippen LogP contribution in [0.3, 0.4) is 0 Å². The van der Waals surface area contributed by atoms with Gasteiger partial charge in [-0.15, -0.1) is 0 Å². The van der Waals surface area contributed by atoms with Crippen LogP contribution in [-0.4, -0.2) is 12.1 Å². The first-order valence-electron chi connectivity index (χ1n) is 2.95. The summed E-state index contributed by atoms with van der Waals surface area (Å²) in [5, 5.41) is 0. The molecular formula is C7H12N2. The zero-order valence-electron chi connectivity index (χ0n) is 6.13. The quantitative estimate of drug-likeness (QED) is 0.377. The van der Waals surface area contributed by atoms with E-state index in [-0.39, 0.29) is 0 Å². The lowest BCUT2D eigenvalue weighted by Crippen LogP contribution is -1.81. The number of rotatable bonds is 1. The lowest BCUT2D eigenvalue weighted by atomic mass is 10.6. The largest absolute Gasteiger partial charge is 0.246 e. The fraction of sp³-hybridized carbons (Fsp3) is 0.429. The number of aliphatic imine (C=N–C) groups is 2. The van der Waals surface area contributed by atoms with E-state index in [0.717, 1.165) is 5.84 Å². The van der Waals surface area contributed by atoms with E-state index in [2.05, 4.69) is 9.98 Å². The summed E-state index contributed by atoms with van der Waals surface area (Å²) in [5.74, 6) is 0.788. The third kappa shape index (κ3) is 4.94. The topological polar surface area (TPSA) is 24.7 Å². The predicted octanol–water partition coefficient (Wildman–Crippen LogP) is 2.03. The molecule has 0 rings (SSSR count). The monoisotopic (exact) mass is 124 g/mol. The molecule has 0 amide bonds. The van der Waals surface area contributed by atoms with Crippen molar-refractivity contribution in [3.05, 3.63) is 12.3 Å². The highest BCUT2D eigenvalue weighted by atomic mass is 14.9. The summed E-state index contributed by atoms with van der Waals surface area (Å²) in [6, 6.07) is 0. The molecule has 0 unspecified atom stereocenters. The summed E-state index contributed by atoms with van der Waals surface area (Å²) in [6.45, 7) is 5.65. The second-order valence-electron chi connectivity index (χ2n) is 1.55. The van der Waals surface area contributed by atoms with Crippen molar-refractivity contribution >= 4 is 12.1 Å². The Kier molecular flexibility index (Phi) is 4.69. The van der Waals surface area contributed by atoms with Crippen molar-refractivity contribution in [2.24, 2.45) is 9.98 Å². The van der Waals surface area contributed by atoms with Crippen LogP contribution in [0.2, 0.25) is 0 Å². The van der Waals surface area contributed by atoms with Crippen LogP contribution in [-0.2, 0) is 0 Å². The zero-order valence-corrected chi connectivity index (χ0v) is 6.13. The Labute approximate surface area is 56.0 Å². The molecule has 0 aliphatic carbocycles. The normalized spacial score (nSPS) is 13.9. The maximum atomic E-state index is 3.97. The number of hydrogen-bond donors (Lipinski definition) is 0. The van der Waals surface area contributed by atoms with Gasteiger partial charge in [0.05, 0.1) is 0 Å². The molecule has 0 aliphatic heterocycles. The van der Waals surface area contributed by atoms with Gasteiger partial charge < -0.3 is 0 Å². The molecule has 9 heavy (non-hydrogen) atoms. The summed E-state index contributed by atoms with van der Waals surface area (Å²) in [5.41, 5.74) is 0. The highest BCUT2D eigenvalue weighted by molar-refractivity contribution is 5.87. The minimum Gasteiger partial charge on any atom is -0.246 e. The van der Waals surface area contributed by atoms with Crippen molar-refractivity contribution in [3.8, 4) is 0 Å². The van der Waals surface area contributed by atoms with Gasteiger partial charge in [0.15, 0.2) is 0 Å². The molecular weight excluding hydrogens is 112 g/mol. The van der Waals surface area contributed by atoms with Crippen LogP contribution in [0, 0.1) is 0 Å². The van der Waals surface area contributed by atoms with E-state index in [1.165, 1.54) is 0 Å². The lowest BCUT2D eigenvalue weighted by molar-refractivity contribution is 1.45. The van der Waals surface area contributed by atoms with Gasteiger partial charge in [0.1, 0.15) is 5.84 Å². The first kappa shape index (κ1) is 8.08. The Balaban J connectivity index is 3.84. The molecule has 0 saturated heterocycles. The van der Waals surface area contributed by atoms with Crippen molar-refractivity contribution in [2.75, 3.05) is 0 Å². The summed E-state index contributed by atoms with van der Waals surface area (Å²) < 4.78 is 0. The molecule has 0 atom stereocenters. The number of amidine groups is 1. The third-order valence-electron chi connectivity index (χ3n) is 0.726.